The van der Waals surface area contributed by atoms with E-state index >= 15 is 0 Å². The van der Waals surface area contributed by atoms with Gasteiger partial charge in [-0.2, -0.15) is 0 Å². The van der Waals surface area contributed by atoms with E-state index in [4.69, 9.17) is 0 Å². The van der Waals surface area contributed by atoms with Crippen molar-refractivity contribution in [2.24, 2.45) is 0 Å². The molecule has 6 heteroatoms. The molecule has 0 radical (unpaired) electrons. The highest BCUT2D eigenvalue weighted by Gasteiger charge is 2.47. The molecule has 3 aromatic rings. The summed E-state index contributed by atoms with van der Waals surface area (Å²) in [6.45, 7) is 1.86. The van der Waals surface area contributed by atoms with Gasteiger partial charge in [-0.1, -0.05) is 30.3 Å². The van der Waals surface area contributed by atoms with Crippen LogP contribution < -0.4 is 4.90 Å². The molecule has 29 heavy (non-hydrogen) atoms. The maximum atomic E-state index is 14.7. The quantitative estimate of drug-likeness (QED) is 0.416. The number of carbonyl (C=O) groups is 2. The number of aliphatic hydroxyl groups excluding tert-OH is 1. The van der Waals surface area contributed by atoms with Crippen molar-refractivity contribution in [3.63, 3.8) is 0 Å². The Morgan fingerprint density at radius 2 is 1.76 bits per heavy atom. The van der Waals surface area contributed by atoms with Gasteiger partial charge in [-0.25, -0.2) is 4.39 Å². The van der Waals surface area contributed by atoms with Gasteiger partial charge < -0.3 is 5.11 Å². The summed E-state index contributed by atoms with van der Waals surface area (Å²) >= 11 is 0. The van der Waals surface area contributed by atoms with Gasteiger partial charge in [0.25, 0.3) is 11.7 Å². The second kappa shape index (κ2) is 7.31. The van der Waals surface area contributed by atoms with Crippen molar-refractivity contribution in [3.8, 4) is 0 Å². The molecule has 0 spiro atoms. The number of aryl methyl sites for hydroxylation is 1. The Labute approximate surface area is 166 Å². The standard InChI is InChI=1S/C23H17FN2O3/c1-14-5-4-6-16(13-14)26-20(17-7-2-3-8-18(17)24)19(22(28)23(26)29)21(27)15-9-11-25-12-10-15/h2-13,20,27H,1H3/b21-19+. The summed E-state index contributed by atoms with van der Waals surface area (Å²) in [7, 11) is 0. The number of Topliss-reactive ketones (excluding diaryl/α,β-unsaturated/α-hetero) is 1. The molecular formula is C23H17FN2O3. The topological polar surface area (TPSA) is 70.5 Å². The monoisotopic (exact) mass is 388 g/mol. The minimum atomic E-state index is -1.09. The Morgan fingerprint density at radius 3 is 2.45 bits per heavy atom. The molecule has 5 nitrogen and oxygen atoms in total. The highest BCUT2D eigenvalue weighted by atomic mass is 19.1. The van der Waals surface area contributed by atoms with Crippen molar-refractivity contribution < 1.29 is 19.1 Å². The van der Waals surface area contributed by atoms with E-state index in [0.29, 0.717) is 11.3 Å². The molecule has 0 aliphatic carbocycles. The minimum Gasteiger partial charge on any atom is -0.507 e. The predicted molar refractivity (Wildman–Crippen MR) is 107 cm³/mol. The number of rotatable bonds is 3. The van der Waals surface area contributed by atoms with Crippen LogP contribution in [0.5, 0.6) is 0 Å². The SMILES string of the molecule is Cc1cccc(N2C(=O)C(=O)/C(=C(/O)c3ccncc3)C2c2ccccc2F)c1. The minimum absolute atomic E-state index is 0.129. The number of ketones is 1. The number of benzene rings is 2. The molecule has 0 bridgehead atoms. The summed E-state index contributed by atoms with van der Waals surface area (Å²) in [6.07, 6.45) is 2.92. The van der Waals surface area contributed by atoms with Crippen LogP contribution in [0, 0.1) is 12.7 Å². The summed E-state index contributed by atoms with van der Waals surface area (Å²) in [6, 6.07) is 14.9. The van der Waals surface area contributed by atoms with Crippen LogP contribution in [-0.4, -0.2) is 21.8 Å². The summed E-state index contributed by atoms with van der Waals surface area (Å²) in [5, 5.41) is 10.9. The summed E-state index contributed by atoms with van der Waals surface area (Å²) in [4.78, 5) is 31.0. The van der Waals surface area contributed by atoms with Crippen LogP contribution in [0.25, 0.3) is 5.76 Å². The molecule has 2 aromatic carbocycles. The van der Waals surface area contributed by atoms with Crippen molar-refractivity contribution in [1.82, 2.24) is 4.98 Å². The van der Waals surface area contributed by atoms with Gasteiger partial charge in [0.1, 0.15) is 11.6 Å². The third kappa shape index (κ3) is 3.18. The van der Waals surface area contributed by atoms with E-state index in [1.54, 1.807) is 24.3 Å². The van der Waals surface area contributed by atoms with Gasteiger partial charge in [-0.15, -0.1) is 0 Å². The summed E-state index contributed by atoms with van der Waals surface area (Å²) in [5.74, 6) is -2.62. The number of halogens is 1. The first kappa shape index (κ1) is 18.6. The lowest BCUT2D eigenvalue weighted by atomic mass is 9.95. The number of aliphatic hydroxyl groups is 1. The molecule has 4 rings (SSSR count). The lowest BCUT2D eigenvalue weighted by Gasteiger charge is -2.26. The smallest absolute Gasteiger partial charge is 0.300 e. The Hall–Kier alpha value is -3.80. The molecule has 1 saturated heterocycles. The Balaban J connectivity index is 1.99. The van der Waals surface area contributed by atoms with Gasteiger partial charge in [-0.05, 0) is 42.8 Å². The molecule has 1 unspecified atom stereocenters. The van der Waals surface area contributed by atoms with Gasteiger partial charge in [-0.3, -0.25) is 19.5 Å². The van der Waals surface area contributed by atoms with E-state index in [2.05, 4.69) is 4.98 Å². The first-order chi connectivity index (χ1) is 14.0. The second-order valence-corrected chi connectivity index (χ2v) is 6.77. The molecule has 1 aliphatic rings. The van der Waals surface area contributed by atoms with Gasteiger partial charge in [0, 0.05) is 29.2 Å². The first-order valence-electron chi connectivity index (χ1n) is 9.01. The van der Waals surface area contributed by atoms with E-state index in [1.165, 1.54) is 47.6 Å². The fraction of sp³-hybridized carbons (Fsp3) is 0.0870. The Kier molecular flexibility index (Phi) is 4.68. The van der Waals surface area contributed by atoms with Crippen molar-refractivity contribution in [2.45, 2.75) is 13.0 Å². The van der Waals surface area contributed by atoms with Crippen LogP contribution in [0.2, 0.25) is 0 Å². The third-order valence-electron chi connectivity index (χ3n) is 4.88. The van der Waals surface area contributed by atoms with Crippen LogP contribution in [-0.2, 0) is 9.59 Å². The van der Waals surface area contributed by atoms with Crippen molar-refractivity contribution in [2.75, 3.05) is 4.90 Å². The normalized spacial score (nSPS) is 18.3. The van der Waals surface area contributed by atoms with Crippen LogP contribution in [0.15, 0.2) is 78.6 Å². The lowest BCUT2D eigenvalue weighted by Crippen LogP contribution is -2.29. The van der Waals surface area contributed by atoms with E-state index in [9.17, 15) is 19.1 Å². The van der Waals surface area contributed by atoms with Gasteiger partial charge in [0.2, 0.25) is 0 Å². The molecule has 1 fully saturated rings. The van der Waals surface area contributed by atoms with Gasteiger partial charge >= 0.3 is 0 Å². The van der Waals surface area contributed by atoms with Crippen LogP contribution in [0.3, 0.4) is 0 Å². The van der Waals surface area contributed by atoms with Gasteiger partial charge in [0.15, 0.2) is 0 Å². The number of anilines is 1. The number of amides is 1. The van der Waals surface area contributed by atoms with E-state index in [0.717, 1.165) is 5.56 Å². The zero-order valence-electron chi connectivity index (χ0n) is 15.5. The molecule has 144 valence electrons. The van der Waals surface area contributed by atoms with E-state index in [1.807, 2.05) is 13.0 Å². The predicted octanol–water partition coefficient (Wildman–Crippen LogP) is 4.16. The fourth-order valence-corrected chi connectivity index (χ4v) is 3.53. The van der Waals surface area contributed by atoms with Gasteiger partial charge in [0.05, 0.1) is 11.6 Å². The molecule has 1 aliphatic heterocycles. The van der Waals surface area contributed by atoms with Crippen molar-refractivity contribution in [1.29, 1.82) is 0 Å². The maximum absolute atomic E-state index is 14.7. The van der Waals surface area contributed by atoms with E-state index < -0.39 is 23.5 Å². The number of aromatic nitrogens is 1. The third-order valence-corrected chi connectivity index (χ3v) is 4.88. The number of hydrogen-bond acceptors (Lipinski definition) is 4. The van der Waals surface area contributed by atoms with E-state index in [-0.39, 0.29) is 16.9 Å². The highest BCUT2D eigenvalue weighted by Crippen LogP contribution is 2.42. The van der Waals surface area contributed by atoms with Crippen LogP contribution in [0.1, 0.15) is 22.7 Å². The van der Waals surface area contributed by atoms with Crippen LogP contribution in [0.4, 0.5) is 10.1 Å². The number of carbonyl (C=O) groups excluding carboxylic acids is 2. The number of pyridine rings is 1. The average Bonchev–Trinajstić information content (AvgIpc) is 2.99. The molecule has 1 N–H and O–H groups in total. The largest absolute Gasteiger partial charge is 0.507 e. The van der Waals surface area contributed by atoms with Crippen LogP contribution >= 0.6 is 0 Å². The number of hydrogen-bond donors (Lipinski definition) is 1. The molecule has 1 amide bonds. The number of nitrogens with zero attached hydrogens (tertiary/aromatic N) is 2. The maximum Gasteiger partial charge on any atom is 0.300 e. The fourth-order valence-electron chi connectivity index (χ4n) is 3.53. The zero-order chi connectivity index (χ0) is 20.5. The molecule has 2 heterocycles. The molecule has 1 aromatic heterocycles. The Bertz CT molecular complexity index is 1140. The highest BCUT2D eigenvalue weighted by molar-refractivity contribution is 6.51. The van der Waals surface area contributed by atoms with Crippen molar-refractivity contribution >= 4 is 23.1 Å². The molecular weight excluding hydrogens is 371 g/mol. The molecule has 0 saturated carbocycles. The Morgan fingerprint density at radius 1 is 1.03 bits per heavy atom. The average molecular weight is 388 g/mol. The molecule has 1 atom stereocenters. The lowest BCUT2D eigenvalue weighted by molar-refractivity contribution is -0.132. The van der Waals surface area contributed by atoms with Crippen molar-refractivity contribution in [3.05, 3.63) is 101 Å². The summed E-state index contributed by atoms with van der Waals surface area (Å²) < 4.78 is 14.7. The zero-order valence-corrected chi connectivity index (χ0v) is 15.5. The summed E-state index contributed by atoms with van der Waals surface area (Å²) in [5.41, 5.74) is 1.63. The second-order valence-electron chi connectivity index (χ2n) is 6.77. The first-order valence-corrected chi connectivity index (χ1v) is 9.01.